The van der Waals surface area contributed by atoms with E-state index in [0.29, 0.717) is 9.89 Å². The van der Waals surface area contributed by atoms with E-state index in [1.165, 1.54) is 18.6 Å². The first-order valence-electron chi connectivity index (χ1n) is 9.78. The monoisotopic (exact) mass is 468 g/mol. The highest BCUT2D eigenvalue weighted by Gasteiger charge is 2.29. The lowest BCUT2D eigenvalue weighted by molar-refractivity contribution is -0.139. The summed E-state index contributed by atoms with van der Waals surface area (Å²) >= 11 is 7.51. The molecule has 1 aromatic heterocycles. The Morgan fingerprint density at radius 2 is 1.84 bits per heavy atom. The van der Waals surface area contributed by atoms with Gasteiger partial charge in [-0.2, -0.15) is 0 Å². The van der Waals surface area contributed by atoms with Crippen LogP contribution in [0, 0.1) is 0 Å². The number of rotatable bonds is 8. The maximum absolute atomic E-state index is 13.1. The van der Waals surface area contributed by atoms with Gasteiger partial charge in [0.25, 0.3) is 11.8 Å². The number of hydrogen-bond acceptors (Lipinski definition) is 5. The van der Waals surface area contributed by atoms with Gasteiger partial charge in [0.2, 0.25) is 0 Å². The highest BCUT2D eigenvalue weighted by atomic mass is 35.5. The van der Waals surface area contributed by atoms with E-state index < -0.39 is 23.8 Å². The van der Waals surface area contributed by atoms with Crippen molar-refractivity contribution in [2.75, 3.05) is 0 Å². The van der Waals surface area contributed by atoms with Crippen molar-refractivity contribution in [3.8, 4) is 0 Å². The van der Waals surface area contributed by atoms with Crippen molar-refractivity contribution in [1.82, 2.24) is 10.4 Å². The second-order valence-corrected chi connectivity index (χ2v) is 8.30. The van der Waals surface area contributed by atoms with Crippen molar-refractivity contribution in [2.45, 2.75) is 19.4 Å². The van der Waals surface area contributed by atoms with Crippen molar-refractivity contribution in [1.29, 1.82) is 0 Å². The molecule has 0 aliphatic heterocycles. The molecule has 0 aliphatic rings. The number of nitrogens with zero attached hydrogens (tertiary/aromatic N) is 1. The second-order valence-electron chi connectivity index (χ2n) is 6.94. The zero-order chi connectivity index (χ0) is 23.1. The molecule has 0 radical (unpaired) electrons. The predicted octanol–water partition coefficient (Wildman–Crippen LogP) is 4.92. The van der Waals surface area contributed by atoms with Crippen LogP contribution in [0.4, 0.5) is 0 Å². The zero-order valence-corrected chi connectivity index (χ0v) is 18.8. The number of aliphatic carboxylic acids is 1. The van der Waals surface area contributed by atoms with E-state index in [4.69, 9.17) is 11.6 Å². The maximum Gasteiger partial charge on any atom is 0.322 e. The number of allylic oxidation sites excluding steroid dienone is 1. The van der Waals surface area contributed by atoms with Gasteiger partial charge in [0.15, 0.2) is 0 Å². The normalized spacial score (nSPS) is 11.9. The van der Waals surface area contributed by atoms with E-state index in [1.807, 2.05) is 42.5 Å². The maximum atomic E-state index is 13.1. The van der Waals surface area contributed by atoms with E-state index in [-0.39, 0.29) is 10.6 Å². The van der Waals surface area contributed by atoms with Gasteiger partial charge in [0.1, 0.15) is 6.04 Å². The Kier molecular flexibility index (Phi) is 7.94. The number of hydrazine groups is 1. The zero-order valence-electron chi connectivity index (χ0n) is 17.2. The van der Waals surface area contributed by atoms with E-state index in [0.717, 1.165) is 23.3 Å². The molecule has 0 spiro atoms. The Bertz CT molecular complexity index is 1130. The van der Waals surface area contributed by atoms with Gasteiger partial charge in [-0.05, 0) is 48.1 Å². The van der Waals surface area contributed by atoms with Crippen molar-refractivity contribution in [3.63, 3.8) is 0 Å². The van der Waals surface area contributed by atoms with Crippen molar-refractivity contribution in [2.24, 2.45) is 0 Å². The van der Waals surface area contributed by atoms with Crippen molar-refractivity contribution < 1.29 is 19.5 Å². The van der Waals surface area contributed by atoms with Gasteiger partial charge in [0, 0.05) is 0 Å². The molecule has 6 nitrogen and oxygen atoms in total. The summed E-state index contributed by atoms with van der Waals surface area (Å²) in [5.74, 6) is -2.59. The molecule has 2 aromatic carbocycles. The van der Waals surface area contributed by atoms with Crippen LogP contribution in [-0.2, 0) is 11.2 Å². The number of nitrogens with one attached hydrogen (secondary N) is 1. The predicted molar refractivity (Wildman–Crippen MR) is 126 cm³/mol. The summed E-state index contributed by atoms with van der Waals surface area (Å²) in [6.07, 6.45) is 4.64. The number of hydrogen-bond donors (Lipinski definition) is 2. The number of benzene rings is 2. The molecule has 0 saturated carbocycles. The summed E-state index contributed by atoms with van der Waals surface area (Å²) in [6, 6.07) is 16.9. The van der Waals surface area contributed by atoms with Gasteiger partial charge in [-0.1, -0.05) is 66.2 Å². The first kappa shape index (κ1) is 23.4. The molecule has 3 aromatic rings. The summed E-state index contributed by atoms with van der Waals surface area (Å²) in [5.41, 5.74) is 4.52. The van der Waals surface area contributed by atoms with Crippen LogP contribution < -0.4 is 5.43 Å². The summed E-state index contributed by atoms with van der Waals surface area (Å²) in [6.45, 7) is 1.34. The van der Waals surface area contributed by atoms with Crippen LogP contribution in [0.3, 0.4) is 0 Å². The topological polar surface area (TPSA) is 86.7 Å². The molecule has 2 amide bonds. The molecule has 0 saturated heterocycles. The summed E-state index contributed by atoms with van der Waals surface area (Å²) < 4.78 is 0. The minimum absolute atomic E-state index is 0.0851. The average molecular weight is 469 g/mol. The third-order valence-corrected chi connectivity index (χ3v) is 5.73. The van der Waals surface area contributed by atoms with E-state index in [1.54, 1.807) is 29.6 Å². The Balaban J connectivity index is 1.81. The summed E-state index contributed by atoms with van der Waals surface area (Å²) in [4.78, 5) is 37.5. The van der Waals surface area contributed by atoms with Gasteiger partial charge in [-0.25, -0.2) is 10.4 Å². The second kappa shape index (κ2) is 10.9. The van der Waals surface area contributed by atoms with E-state index in [2.05, 4.69) is 5.43 Å². The Hall–Kier alpha value is -3.26. The van der Waals surface area contributed by atoms with Gasteiger partial charge < -0.3 is 5.11 Å². The minimum atomic E-state index is -1.20. The van der Waals surface area contributed by atoms with Crippen molar-refractivity contribution >= 4 is 46.8 Å². The average Bonchev–Trinajstić information content (AvgIpc) is 3.32. The van der Waals surface area contributed by atoms with Crippen LogP contribution in [-0.4, -0.2) is 33.9 Å². The number of amides is 2. The molecule has 0 unspecified atom stereocenters. The van der Waals surface area contributed by atoms with E-state index in [9.17, 15) is 19.5 Å². The summed E-state index contributed by atoms with van der Waals surface area (Å²) in [7, 11) is 0. The molecule has 0 fully saturated rings. The largest absolute Gasteiger partial charge is 0.480 e. The van der Waals surface area contributed by atoms with Crippen LogP contribution in [0.15, 0.2) is 72.1 Å². The molecule has 0 bridgehead atoms. The highest BCUT2D eigenvalue weighted by Crippen LogP contribution is 2.22. The molecule has 3 rings (SSSR count). The molecule has 0 aliphatic carbocycles. The lowest BCUT2D eigenvalue weighted by Gasteiger charge is -2.24. The number of carboxylic acid groups (broad SMARTS) is 1. The number of imide groups is 1. The summed E-state index contributed by atoms with van der Waals surface area (Å²) in [5, 5.41) is 11.8. The van der Waals surface area contributed by atoms with Gasteiger partial charge in [-0.3, -0.25) is 14.4 Å². The van der Waals surface area contributed by atoms with Gasteiger partial charge >= 0.3 is 5.97 Å². The highest BCUT2D eigenvalue weighted by molar-refractivity contribution is 7.12. The van der Waals surface area contributed by atoms with Gasteiger partial charge in [0.05, 0.1) is 15.5 Å². The molecule has 164 valence electrons. The minimum Gasteiger partial charge on any atom is -0.480 e. The lowest BCUT2D eigenvalue weighted by atomic mass is 10.1. The number of carbonyl (C=O) groups excluding carboxylic acids is 2. The molecular weight excluding hydrogens is 448 g/mol. The number of carboxylic acids is 1. The molecule has 1 atom stereocenters. The molecule has 2 N–H and O–H groups in total. The molecular formula is C24H21ClN2O4S. The van der Waals surface area contributed by atoms with Crippen molar-refractivity contribution in [3.05, 3.63) is 98.7 Å². The fourth-order valence-electron chi connectivity index (χ4n) is 2.84. The quantitative estimate of drug-likeness (QED) is 0.362. The standard InChI is InChI=1S/C24H21ClN2O4S/c1-16(24(30)31)26-27(23(29)21-11-6-14-32-21)22(28)19-13-12-18(15-20(19)25)10-5-9-17-7-3-2-4-8-17/h2-8,10-16,26H,9H2,1H3,(H,30,31)/t16-/m0/s1. The Morgan fingerprint density at radius 1 is 1.09 bits per heavy atom. The fourth-order valence-corrected chi connectivity index (χ4v) is 3.77. The fraction of sp³-hybridized carbons (Fsp3) is 0.125. The third-order valence-electron chi connectivity index (χ3n) is 4.56. The molecule has 32 heavy (non-hydrogen) atoms. The lowest BCUT2D eigenvalue weighted by Crippen LogP contribution is -2.52. The van der Waals surface area contributed by atoms with E-state index >= 15 is 0 Å². The molecule has 8 heteroatoms. The number of halogens is 1. The van der Waals surface area contributed by atoms with Crippen LogP contribution >= 0.6 is 22.9 Å². The van der Waals surface area contributed by atoms with Crippen LogP contribution in [0.2, 0.25) is 5.02 Å². The van der Waals surface area contributed by atoms with Crippen LogP contribution in [0.25, 0.3) is 6.08 Å². The Labute approximate surface area is 194 Å². The molecule has 1 heterocycles. The SMILES string of the molecule is C[C@H](NN(C(=O)c1cccs1)C(=O)c1ccc(C=CCc2ccccc2)cc1Cl)C(=O)O. The van der Waals surface area contributed by atoms with Crippen LogP contribution in [0.5, 0.6) is 0 Å². The number of carbonyl (C=O) groups is 3. The van der Waals surface area contributed by atoms with Gasteiger partial charge in [-0.15, -0.1) is 11.3 Å². The third kappa shape index (κ3) is 5.91. The first-order chi connectivity index (χ1) is 15.4. The Morgan fingerprint density at radius 3 is 2.47 bits per heavy atom. The number of thiophene rings is 1. The smallest absolute Gasteiger partial charge is 0.322 e. The first-order valence-corrected chi connectivity index (χ1v) is 11.0. The van der Waals surface area contributed by atoms with Crippen LogP contribution in [0.1, 0.15) is 38.1 Å².